The minimum Gasteiger partial charge on any atom is -0.346 e. The lowest BCUT2D eigenvalue weighted by Crippen LogP contribution is -2.43. The predicted octanol–water partition coefficient (Wildman–Crippen LogP) is 1.86. The molecule has 22 heavy (non-hydrogen) atoms. The molecule has 0 spiro atoms. The van der Waals surface area contributed by atoms with Crippen LogP contribution in [0, 0.1) is 0 Å². The van der Waals surface area contributed by atoms with Crippen LogP contribution < -0.4 is 11.1 Å². The Labute approximate surface area is 135 Å². The van der Waals surface area contributed by atoms with E-state index in [0.29, 0.717) is 11.6 Å². The highest BCUT2D eigenvalue weighted by Crippen LogP contribution is 2.30. The van der Waals surface area contributed by atoms with Gasteiger partial charge in [-0.25, -0.2) is 0 Å². The van der Waals surface area contributed by atoms with E-state index in [4.69, 9.17) is 17.3 Å². The van der Waals surface area contributed by atoms with Gasteiger partial charge in [0.25, 0.3) is 0 Å². The van der Waals surface area contributed by atoms with Gasteiger partial charge in [-0.2, -0.15) is 0 Å². The summed E-state index contributed by atoms with van der Waals surface area (Å²) in [5.41, 5.74) is 6.33. The third kappa shape index (κ3) is 4.45. The van der Waals surface area contributed by atoms with E-state index in [2.05, 4.69) is 5.32 Å². The van der Waals surface area contributed by atoms with Gasteiger partial charge in [0.2, 0.25) is 11.8 Å². The molecule has 1 aromatic carbocycles. The molecule has 1 saturated heterocycles. The Morgan fingerprint density at radius 1 is 1.23 bits per heavy atom. The SMILES string of the molecule is NCC(=O)NCC(=O)N1CCCCCC1c1ccc(Cl)cc1. The number of hydrogen-bond donors (Lipinski definition) is 2. The molecular weight excluding hydrogens is 302 g/mol. The summed E-state index contributed by atoms with van der Waals surface area (Å²) in [6.07, 6.45) is 4.12. The number of hydrogen-bond acceptors (Lipinski definition) is 3. The first-order chi connectivity index (χ1) is 10.6. The fourth-order valence-corrected chi connectivity index (χ4v) is 2.91. The Hall–Kier alpha value is -1.59. The fourth-order valence-electron chi connectivity index (χ4n) is 2.79. The van der Waals surface area contributed by atoms with Crippen molar-refractivity contribution in [2.75, 3.05) is 19.6 Å². The summed E-state index contributed by atoms with van der Waals surface area (Å²) in [5, 5.41) is 3.24. The van der Waals surface area contributed by atoms with Crippen molar-refractivity contribution in [3.63, 3.8) is 0 Å². The van der Waals surface area contributed by atoms with Gasteiger partial charge in [-0.05, 0) is 30.5 Å². The van der Waals surface area contributed by atoms with E-state index in [1.807, 2.05) is 29.2 Å². The maximum Gasteiger partial charge on any atom is 0.242 e. The number of halogens is 1. The van der Waals surface area contributed by atoms with E-state index in [1.54, 1.807) is 0 Å². The first kappa shape index (κ1) is 16.8. The Morgan fingerprint density at radius 2 is 1.95 bits per heavy atom. The summed E-state index contributed by atoms with van der Waals surface area (Å²) >= 11 is 5.94. The Balaban J connectivity index is 2.11. The number of carbonyl (C=O) groups is 2. The van der Waals surface area contributed by atoms with Gasteiger partial charge in [0, 0.05) is 11.6 Å². The second-order valence-corrected chi connectivity index (χ2v) is 5.92. The first-order valence-corrected chi connectivity index (χ1v) is 8.01. The Bertz CT molecular complexity index is 519. The molecule has 1 heterocycles. The Morgan fingerprint density at radius 3 is 2.64 bits per heavy atom. The van der Waals surface area contributed by atoms with Crippen molar-refractivity contribution in [2.24, 2.45) is 5.73 Å². The summed E-state index contributed by atoms with van der Waals surface area (Å²) in [7, 11) is 0. The van der Waals surface area contributed by atoms with Gasteiger partial charge in [0.05, 0.1) is 19.1 Å². The second kappa shape index (κ2) is 8.15. The number of nitrogens with one attached hydrogen (secondary N) is 1. The zero-order valence-electron chi connectivity index (χ0n) is 12.6. The third-order valence-corrected chi connectivity index (χ3v) is 4.20. The van der Waals surface area contributed by atoms with Gasteiger partial charge in [0.15, 0.2) is 0 Å². The minimum atomic E-state index is -0.314. The van der Waals surface area contributed by atoms with Crippen molar-refractivity contribution in [2.45, 2.75) is 31.7 Å². The first-order valence-electron chi connectivity index (χ1n) is 7.63. The third-order valence-electron chi connectivity index (χ3n) is 3.95. The van der Waals surface area contributed by atoms with Gasteiger partial charge >= 0.3 is 0 Å². The van der Waals surface area contributed by atoms with Gasteiger partial charge in [-0.15, -0.1) is 0 Å². The number of rotatable bonds is 4. The standard InChI is InChI=1S/C16H22ClN3O2/c17-13-7-5-12(6-8-13)14-4-2-1-3-9-20(14)16(22)11-19-15(21)10-18/h5-8,14H,1-4,9-11,18H2,(H,19,21). The lowest BCUT2D eigenvalue weighted by molar-refractivity contribution is -0.134. The van der Waals surface area contributed by atoms with Crippen LogP contribution in [0.5, 0.6) is 0 Å². The molecule has 1 aliphatic heterocycles. The number of nitrogens with zero attached hydrogens (tertiary/aromatic N) is 1. The van der Waals surface area contributed by atoms with Gasteiger partial charge in [-0.1, -0.05) is 36.6 Å². The highest BCUT2D eigenvalue weighted by atomic mass is 35.5. The van der Waals surface area contributed by atoms with E-state index < -0.39 is 0 Å². The van der Waals surface area contributed by atoms with Crippen molar-refractivity contribution in [3.8, 4) is 0 Å². The minimum absolute atomic E-state index is 0.000122. The molecule has 0 bridgehead atoms. The summed E-state index contributed by atoms with van der Waals surface area (Å²) in [6, 6.07) is 7.68. The zero-order chi connectivity index (χ0) is 15.9. The van der Waals surface area contributed by atoms with Crippen LogP contribution in [0.4, 0.5) is 0 Å². The van der Waals surface area contributed by atoms with Crippen LogP contribution in [0.25, 0.3) is 0 Å². The van der Waals surface area contributed by atoms with Crippen LogP contribution in [0.15, 0.2) is 24.3 Å². The van der Waals surface area contributed by atoms with Gasteiger partial charge < -0.3 is 16.0 Å². The monoisotopic (exact) mass is 323 g/mol. The number of likely N-dealkylation sites (tertiary alicyclic amines) is 1. The molecule has 2 amide bonds. The summed E-state index contributed by atoms with van der Waals surface area (Å²) < 4.78 is 0. The van der Waals surface area contributed by atoms with Gasteiger partial charge in [-0.3, -0.25) is 9.59 Å². The van der Waals surface area contributed by atoms with Crippen LogP contribution in [-0.4, -0.2) is 36.3 Å². The van der Waals surface area contributed by atoms with E-state index >= 15 is 0 Å². The lowest BCUT2D eigenvalue weighted by atomic mass is 10.0. The van der Waals surface area contributed by atoms with Crippen molar-refractivity contribution in [3.05, 3.63) is 34.9 Å². The van der Waals surface area contributed by atoms with Crippen LogP contribution in [-0.2, 0) is 9.59 Å². The van der Waals surface area contributed by atoms with E-state index in [-0.39, 0.29) is 30.9 Å². The molecular formula is C16H22ClN3O2. The summed E-state index contributed by atoms with van der Waals surface area (Å²) in [6.45, 7) is 0.610. The molecule has 1 atom stereocenters. The molecule has 120 valence electrons. The van der Waals surface area contributed by atoms with E-state index in [0.717, 1.165) is 31.2 Å². The average molecular weight is 324 g/mol. The molecule has 0 aliphatic carbocycles. The number of nitrogens with two attached hydrogens (primary N) is 1. The van der Waals surface area contributed by atoms with Crippen LogP contribution in [0.1, 0.15) is 37.3 Å². The normalized spacial score (nSPS) is 18.6. The zero-order valence-corrected chi connectivity index (χ0v) is 13.3. The van der Waals surface area contributed by atoms with Crippen molar-refractivity contribution < 1.29 is 9.59 Å². The average Bonchev–Trinajstić information content (AvgIpc) is 2.79. The molecule has 5 nitrogen and oxygen atoms in total. The molecule has 1 unspecified atom stereocenters. The van der Waals surface area contributed by atoms with Crippen LogP contribution in [0.2, 0.25) is 5.02 Å². The smallest absolute Gasteiger partial charge is 0.242 e. The van der Waals surface area contributed by atoms with Crippen LogP contribution >= 0.6 is 11.6 Å². The molecule has 1 aliphatic rings. The summed E-state index contributed by atoms with van der Waals surface area (Å²) in [4.78, 5) is 25.6. The lowest BCUT2D eigenvalue weighted by Gasteiger charge is -2.30. The molecule has 6 heteroatoms. The number of carbonyl (C=O) groups excluding carboxylic acids is 2. The number of amides is 2. The predicted molar refractivity (Wildman–Crippen MR) is 86.4 cm³/mol. The van der Waals surface area contributed by atoms with Crippen molar-refractivity contribution in [1.29, 1.82) is 0 Å². The maximum absolute atomic E-state index is 12.5. The molecule has 0 saturated carbocycles. The van der Waals surface area contributed by atoms with Gasteiger partial charge in [0.1, 0.15) is 0 Å². The van der Waals surface area contributed by atoms with E-state index in [9.17, 15) is 9.59 Å². The van der Waals surface area contributed by atoms with E-state index in [1.165, 1.54) is 0 Å². The second-order valence-electron chi connectivity index (χ2n) is 5.48. The largest absolute Gasteiger partial charge is 0.346 e. The highest BCUT2D eigenvalue weighted by Gasteiger charge is 2.26. The highest BCUT2D eigenvalue weighted by molar-refractivity contribution is 6.30. The Kier molecular flexibility index (Phi) is 6.21. The quantitative estimate of drug-likeness (QED) is 0.888. The number of benzene rings is 1. The van der Waals surface area contributed by atoms with Crippen molar-refractivity contribution >= 4 is 23.4 Å². The van der Waals surface area contributed by atoms with Crippen LogP contribution in [0.3, 0.4) is 0 Å². The molecule has 2 rings (SSSR count). The molecule has 1 aromatic rings. The maximum atomic E-state index is 12.5. The van der Waals surface area contributed by atoms with Crippen molar-refractivity contribution in [1.82, 2.24) is 10.2 Å². The molecule has 0 aromatic heterocycles. The topological polar surface area (TPSA) is 75.4 Å². The molecule has 0 radical (unpaired) electrons. The molecule has 1 fully saturated rings. The summed E-state index contributed by atoms with van der Waals surface area (Å²) in [5.74, 6) is -0.380. The fraction of sp³-hybridized carbons (Fsp3) is 0.500. The molecule has 3 N–H and O–H groups in total.